The van der Waals surface area contributed by atoms with Crippen molar-refractivity contribution < 1.29 is 14.3 Å². The molecule has 0 radical (unpaired) electrons. The molecule has 1 saturated heterocycles. The van der Waals surface area contributed by atoms with Crippen molar-refractivity contribution in [3.05, 3.63) is 24.3 Å². The first-order valence-electron chi connectivity index (χ1n) is 11.4. The Kier molecular flexibility index (Phi) is 4.89. The van der Waals surface area contributed by atoms with Gasteiger partial charge in [0, 0.05) is 6.54 Å². The van der Waals surface area contributed by atoms with Crippen LogP contribution in [-0.4, -0.2) is 31.0 Å². The third kappa shape index (κ3) is 3.58. The van der Waals surface area contributed by atoms with E-state index >= 15 is 0 Å². The van der Waals surface area contributed by atoms with Gasteiger partial charge in [0.25, 0.3) is 5.91 Å². The van der Waals surface area contributed by atoms with Gasteiger partial charge in [0.1, 0.15) is 5.75 Å². The summed E-state index contributed by atoms with van der Waals surface area (Å²) in [6, 6.07) is 6.90. The third-order valence-electron chi connectivity index (χ3n) is 7.60. The minimum Gasteiger partial charge on any atom is -0.494 e. The molecule has 1 heterocycles. The highest BCUT2D eigenvalue weighted by atomic mass is 16.5. The molecule has 5 heteroatoms. The van der Waals surface area contributed by atoms with Crippen LogP contribution in [0.3, 0.4) is 0 Å². The fourth-order valence-electron chi connectivity index (χ4n) is 6.82. The minimum absolute atomic E-state index is 0.109. The van der Waals surface area contributed by atoms with Gasteiger partial charge in [-0.05, 0) is 92.4 Å². The molecule has 0 unspecified atom stereocenters. The molecule has 2 amide bonds. The van der Waals surface area contributed by atoms with Crippen LogP contribution >= 0.6 is 0 Å². The monoisotopic (exact) mass is 396 g/mol. The molecule has 5 aliphatic rings. The van der Waals surface area contributed by atoms with Crippen molar-refractivity contribution in [1.82, 2.24) is 5.32 Å². The van der Waals surface area contributed by atoms with Gasteiger partial charge in [-0.25, -0.2) is 4.90 Å². The predicted octanol–water partition coefficient (Wildman–Crippen LogP) is 3.91. The van der Waals surface area contributed by atoms with Gasteiger partial charge in [0.2, 0.25) is 5.91 Å². The molecule has 1 aromatic rings. The van der Waals surface area contributed by atoms with E-state index in [9.17, 15) is 9.59 Å². The number of hydrogen-bond donors (Lipinski definition) is 1. The van der Waals surface area contributed by atoms with Crippen molar-refractivity contribution >= 4 is 17.5 Å². The molecular formula is C24H32N2O3. The maximum Gasteiger partial charge on any atom is 0.251 e. The second-order valence-electron chi connectivity index (χ2n) is 9.96. The maximum atomic E-state index is 13.0. The summed E-state index contributed by atoms with van der Waals surface area (Å²) >= 11 is 0. The van der Waals surface area contributed by atoms with Gasteiger partial charge in [-0.15, -0.1) is 0 Å². The maximum absolute atomic E-state index is 13.0. The van der Waals surface area contributed by atoms with Crippen LogP contribution in [0.1, 0.15) is 58.3 Å². The largest absolute Gasteiger partial charge is 0.494 e. The lowest BCUT2D eigenvalue weighted by Crippen LogP contribution is -2.52. The Morgan fingerprint density at radius 3 is 2.24 bits per heavy atom. The first-order valence-corrected chi connectivity index (χ1v) is 11.4. The van der Waals surface area contributed by atoms with E-state index in [2.05, 4.69) is 12.2 Å². The van der Waals surface area contributed by atoms with Crippen LogP contribution in [0.2, 0.25) is 0 Å². The highest BCUT2D eigenvalue weighted by Gasteiger charge is 2.51. The van der Waals surface area contributed by atoms with Crippen LogP contribution in [0.25, 0.3) is 0 Å². The first kappa shape index (κ1) is 19.1. The summed E-state index contributed by atoms with van der Waals surface area (Å²) in [7, 11) is 0. The second kappa shape index (κ2) is 7.42. The molecule has 6 rings (SSSR count). The van der Waals surface area contributed by atoms with Crippen LogP contribution in [0.5, 0.6) is 5.75 Å². The van der Waals surface area contributed by atoms with Gasteiger partial charge < -0.3 is 10.1 Å². The van der Waals surface area contributed by atoms with Crippen molar-refractivity contribution in [2.45, 2.75) is 64.3 Å². The van der Waals surface area contributed by atoms with E-state index < -0.39 is 0 Å². The van der Waals surface area contributed by atoms with Crippen molar-refractivity contribution in [3.63, 3.8) is 0 Å². The van der Waals surface area contributed by atoms with E-state index in [4.69, 9.17) is 4.74 Å². The molecule has 29 heavy (non-hydrogen) atoms. The summed E-state index contributed by atoms with van der Waals surface area (Å²) in [5.41, 5.74) is 1.01. The normalized spacial score (nSPS) is 35.6. The number of carbonyl (C=O) groups is 2. The van der Waals surface area contributed by atoms with E-state index in [1.165, 1.54) is 43.4 Å². The first-order chi connectivity index (χ1) is 14.0. The summed E-state index contributed by atoms with van der Waals surface area (Å²) in [4.78, 5) is 27.0. The molecular weight excluding hydrogens is 364 g/mol. The van der Waals surface area contributed by atoms with E-state index in [0.717, 1.165) is 36.5 Å². The van der Waals surface area contributed by atoms with Crippen molar-refractivity contribution in [3.8, 4) is 5.75 Å². The van der Waals surface area contributed by atoms with Gasteiger partial charge in [-0.2, -0.15) is 0 Å². The molecule has 4 bridgehead atoms. The smallest absolute Gasteiger partial charge is 0.251 e. The number of hydrogen-bond acceptors (Lipinski definition) is 4. The zero-order chi connectivity index (χ0) is 20.0. The average Bonchev–Trinajstić information content (AvgIpc) is 2.98. The number of amides is 2. The van der Waals surface area contributed by atoms with Crippen LogP contribution in [0, 0.1) is 23.2 Å². The molecule has 1 atom stereocenters. The number of nitrogens with zero attached hydrogens (tertiary/aromatic N) is 1. The number of nitrogens with one attached hydrogen (secondary N) is 1. The molecule has 1 aliphatic heterocycles. The summed E-state index contributed by atoms with van der Waals surface area (Å²) < 4.78 is 5.60. The Bertz CT molecular complexity index is 753. The number of ether oxygens (including phenoxy) is 1. The van der Waals surface area contributed by atoms with Crippen LogP contribution < -0.4 is 15.0 Å². The van der Waals surface area contributed by atoms with E-state index in [1.54, 1.807) is 0 Å². The molecule has 0 spiro atoms. The van der Waals surface area contributed by atoms with E-state index in [0.29, 0.717) is 17.7 Å². The minimum atomic E-state index is -0.383. The molecule has 0 aromatic heterocycles. The molecule has 4 aliphatic carbocycles. The van der Waals surface area contributed by atoms with Crippen LogP contribution in [-0.2, 0) is 9.59 Å². The van der Waals surface area contributed by atoms with Gasteiger partial charge >= 0.3 is 0 Å². The Morgan fingerprint density at radius 1 is 1.03 bits per heavy atom. The van der Waals surface area contributed by atoms with Crippen molar-refractivity contribution in [1.29, 1.82) is 0 Å². The van der Waals surface area contributed by atoms with Crippen molar-refractivity contribution in [2.24, 2.45) is 23.2 Å². The fourth-order valence-corrected chi connectivity index (χ4v) is 6.82. The molecule has 156 valence electrons. The second-order valence-corrected chi connectivity index (χ2v) is 9.96. The summed E-state index contributed by atoms with van der Waals surface area (Å²) in [5, 5.41) is 3.52. The summed E-state index contributed by atoms with van der Waals surface area (Å²) in [6.07, 6.45) is 9.40. The van der Waals surface area contributed by atoms with Crippen LogP contribution in [0.15, 0.2) is 24.3 Å². The van der Waals surface area contributed by atoms with Crippen LogP contribution in [0.4, 0.5) is 5.69 Å². The third-order valence-corrected chi connectivity index (χ3v) is 7.60. The van der Waals surface area contributed by atoms with E-state index in [-0.39, 0.29) is 24.3 Å². The summed E-state index contributed by atoms with van der Waals surface area (Å²) in [6.45, 7) is 3.61. The molecule has 4 saturated carbocycles. The number of benzene rings is 1. The Balaban J connectivity index is 1.23. The Hall–Kier alpha value is -1.88. The zero-order valence-corrected chi connectivity index (χ0v) is 17.4. The Morgan fingerprint density at radius 2 is 1.66 bits per heavy atom. The van der Waals surface area contributed by atoms with Gasteiger partial charge in [0.05, 0.1) is 24.8 Å². The molecule has 5 nitrogen and oxygen atoms in total. The molecule has 1 N–H and O–H groups in total. The highest BCUT2D eigenvalue weighted by molar-refractivity contribution is 6.22. The molecule has 1 aromatic carbocycles. The lowest BCUT2D eigenvalue weighted by molar-refractivity contribution is -0.121. The number of imide groups is 1. The SMILES string of the molecule is CCCOc1ccc(N2C(=O)C[C@@H](NCC34CC5CC(CC(C5)C3)C4)C2=O)cc1. The number of carbonyl (C=O) groups excluding carboxylic acids is 2. The lowest BCUT2D eigenvalue weighted by Gasteiger charge is -2.57. The summed E-state index contributed by atoms with van der Waals surface area (Å²) in [5.74, 6) is 3.24. The highest BCUT2D eigenvalue weighted by Crippen LogP contribution is 2.59. The van der Waals surface area contributed by atoms with Gasteiger partial charge in [-0.1, -0.05) is 6.92 Å². The lowest BCUT2D eigenvalue weighted by atomic mass is 9.49. The van der Waals surface area contributed by atoms with Gasteiger partial charge in [0.15, 0.2) is 0 Å². The molecule has 5 fully saturated rings. The topological polar surface area (TPSA) is 58.6 Å². The fraction of sp³-hybridized carbons (Fsp3) is 0.667. The quantitative estimate of drug-likeness (QED) is 0.710. The van der Waals surface area contributed by atoms with Gasteiger partial charge in [-0.3, -0.25) is 9.59 Å². The number of rotatable bonds is 7. The van der Waals surface area contributed by atoms with Crippen molar-refractivity contribution in [2.75, 3.05) is 18.1 Å². The zero-order valence-electron chi connectivity index (χ0n) is 17.4. The van der Waals surface area contributed by atoms with E-state index in [1.807, 2.05) is 24.3 Å². The average molecular weight is 397 g/mol. The standard InChI is InChI=1S/C24H32N2O3/c1-2-7-29-20-5-3-19(4-6-20)26-22(27)11-21(23(26)28)25-15-24-12-16-8-17(13-24)10-18(9-16)14-24/h3-6,16-18,21,25H,2,7-15H2,1H3/t16?,17?,18?,21-,24?/m1/s1. The predicted molar refractivity (Wildman–Crippen MR) is 112 cm³/mol. The number of anilines is 1. The Labute approximate surface area is 173 Å².